The number of fused-ring (bicyclic) bond motifs is 1. The summed E-state index contributed by atoms with van der Waals surface area (Å²) in [6, 6.07) is 24.2. The van der Waals surface area contributed by atoms with Gasteiger partial charge in [-0.1, -0.05) is 60.7 Å². The first-order chi connectivity index (χ1) is 13.6. The Morgan fingerprint density at radius 1 is 0.964 bits per heavy atom. The zero-order valence-electron chi connectivity index (χ0n) is 15.3. The molecule has 0 atom stereocenters. The van der Waals surface area contributed by atoms with Crippen LogP contribution in [0.2, 0.25) is 0 Å². The molecule has 1 N–H and O–H groups in total. The summed E-state index contributed by atoms with van der Waals surface area (Å²) in [4.78, 5) is 26.7. The van der Waals surface area contributed by atoms with Crippen LogP contribution in [0.5, 0.6) is 5.75 Å². The van der Waals surface area contributed by atoms with Crippen LogP contribution in [0.3, 0.4) is 0 Å². The molecule has 0 aliphatic carbocycles. The molecule has 1 aliphatic rings. The van der Waals surface area contributed by atoms with Gasteiger partial charge in [0.1, 0.15) is 17.7 Å². The second-order valence-electron chi connectivity index (χ2n) is 6.65. The zero-order chi connectivity index (χ0) is 19.7. The van der Waals surface area contributed by atoms with E-state index in [4.69, 9.17) is 4.74 Å². The number of benzene rings is 3. The summed E-state index contributed by atoms with van der Waals surface area (Å²) in [5, 5.41) is 9.41. The topological polar surface area (TPSA) is 66.8 Å². The van der Waals surface area contributed by atoms with Crippen LogP contribution >= 0.6 is 0 Å². The molecular formula is C23H19NO4. The fourth-order valence-electron chi connectivity index (χ4n) is 4.00. The molecular weight excluding hydrogens is 354 g/mol. The zero-order valence-corrected chi connectivity index (χ0v) is 15.3. The molecule has 5 nitrogen and oxygen atoms in total. The Kier molecular flexibility index (Phi) is 4.35. The van der Waals surface area contributed by atoms with Crippen molar-refractivity contribution in [1.29, 1.82) is 0 Å². The van der Waals surface area contributed by atoms with Gasteiger partial charge < -0.3 is 9.84 Å². The molecule has 1 heterocycles. The monoisotopic (exact) mass is 373 g/mol. The SMILES string of the molecule is COc1ccc2c(c1)C(c1ccccc1)(c1ccccc1)C(=O)N2CC(=O)O. The van der Waals surface area contributed by atoms with Crippen LogP contribution < -0.4 is 9.64 Å². The predicted molar refractivity (Wildman–Crippen MR) is 106 cm³/mol. The lowest BCUT2D eigenvalue weighted by atomic mass is 9.70. The largest absolute Gasteiger partial charge is 0.497 e. The summed E-state index contributed by atoms with van der Waals surface area (Å²) in [5.41, 5.74) is 1.74. The lowest BCUT2D eigenvalue weighted by Gasteiger charge is -2.30. The van der Waals surface area contributed by atoms with Gasteiger partial charge in [-0.25, -0.2) is 0 Å². The number of carbonyl (C=O) groups excluding carboxylic acids is 1. The Morgan fingerprint density at radius 3 is 2.04 bits per heavy atom. The van der Waals surface area contributed by atoms with Crippen molar-refractivity contribution in [2.45, 2.75) is 5.41 Å². The van der Waals surface area contributed by atoms with Crippen molar-refractivity contribution in [2.75, 3.05) is 18.6 Å². The van der Waals surface area contributed by atoms with Gasteiger partial charge in [0.25, 0.3) is 0 Å². The molecule has 140 valence electrons. The fraction of sp³-hybridized carbons (Fsp3) is 0.130. The standard InChI is InChI=1S/C23H19NO4/c1-28-18-12-13-20-19(14-18)23(16-8-4-2-5-9-16,17-10-6-3-7-11-17)22(27)24(20)15-21(25)26/h2-14H,15H2,1H3,(H,25,26). The van der Waals surface area contributed by atoms with E-state index in [0.717, 1.165) is 16.7 Å². The summed E-state index contributed by atoms with van der Waals surface area (Å²) < 4.78 is 5.41. The van der Waals surface area contributed by atoms with Gasteiger partial charge >= 0.3 is 5.97 Å². The Morgan fingerprint density at radius 2 is 1.54 bits per heavy atom. The summed E-state index contributed by atoms with van der Waals surface area (Å²) in [7, 11) is 1.57. The van der Waals surface area contributed by atoms with Crippen molar-refractivity contribution in [3.05, 3.63) is 95.6 Å². The number of carbonyl (C=O) groups is 2. The second kappa shape index (κ2) is 6.85. The molecule has 4 rings (SSSR count). The molecule has 0 bridgehead atoms. The first-order valence-corrected chi connectivity index (χ1v) is 8.92. The number of nitrogens with zero attached hydrogens (tertiary/aromatic N) is 1. The normalized spacial score (nSPS) is 14.6. The van der Waals surface area contributed by atoms with Gasteiger partial charge in [0.15, 0.2) is 0 Å². The van der Waals surface area contributed by atoms with Crippen LogP contribution in [0.25, 0.3) is 0 Å². The van der Waals surface area contributed by atoms with Crippen molar-refractivity contribution < 1.29 is 19.4 Å². The number of carboxylic acids is 1. The quantitative estimate of drug-likeness (QED) is 0.744. The molecule has 1 amide bonds. The van der Waals surface area contributed by atoms with Gasteiger partial charge in [-0.3, -0.25) is 14.5 Å². The van der Waals surface area contributed by atoms with E-state index in [1.807, 2.05) is 66.7 Å². The lowest BCUT2D eigenvalue weighted by Crippen LogP contribution is -2.44. The Balaban J connectivity index is 2.08. The third-order valence-corrected chi connectivity index (χ3v) is 5.17. The number of carboxylic acid groups (broad SMARTS) is 1. The van der Waals surface area contributed by atoms with Crippen molar-refractivity contribution in [3.8, 4) is 5.75 Å². The third-order valence-electron chi connectivity index (χ3n) is 5.17. The summed E-state index contributed by atoms with van der Waals surface area (Å²) in [6.07, 6.45) is 0. The summed E-state index contributed by atoms with van der Waals surface area (Å²) in [5.74, 6) is -0.734. The van der Waals surface area contributed by atoms with Crippen LogP contribution in [0.1, 0.15) is 16.7 Å². The molecule has 0 radical (unpaired) electrons. The van der Waals surface area contributed by atoms with Gasteiger partial charge in [0.2, 0.25) is 5.91 Å². The van der Waals surface area contributed by atoms with E-state index in [-0.39, 0.29) is 5.91 Å². The fourth-order valence-corrected chi connectivity index (χ4v) is 4.00. The van der Waals surface area contributed by atoms with E-state index in [1.165, 1.54) is 4.90 Å². The highest BCUT2D eigenvalue weighted by molar-refractivity contribution is 6.14. The summed E-state index contributed by atoms with van der Waals surface area (Å²) >= 11 is 0. The molecule has 0 saturated heterocycles. The molecule has 3 aromatic carbocycles. The van der Waals surface area contributed by atoms with E-state index < -0.39 is 17.9 Å². The molecule has 0 saturated carbocycles. The van der Waals surface area contributed by atoms with Crippen molar-refractivity contribution >= 4 is 17.6 Å². The first kappa shape index (κ1) is 17.8. The Bertz CT molecular complexity index is 991. The van der Waals surface area contributed by atoms with Gasteiger partial charge in [0.05, 0.1) is 7.11 Å². The number of aliphatic carboxylic acids is 1. The maximum Gasteiger partial charge on any atom is 0.323 e. The average molecular weight is 373 g/mol. The molecule has 3 aromatic rings. The van der Waals surface area contributed by atoms with E-state index in [2.05, 4.69) is 0 Å². The maximum atomic E-state index is 13.8. The highest BCUT2D eigenvalue weighted by Crippen LogP contribution is 2.51. The average Bonchev–Trinajstić information content (AvgIpc) is 2.97. The number of rotatable bonds is 5. The van der Waals surface area contributed by atoms with Crippen LogP contribution in [0.4, 0.5) is 5.69 Å². The van der Waals surface area contributed by atoms with Gasteiger partial charge in [-0.05, 0) is 29.3 Å². The molecule has 0 aromatic heterocycles. The van der Waals surface area contributed by atoms with Gasteiger partial charge in [-0.15, -0.1) is 0 Å². The molecule has 0 fully saturated rings. The van der Waals surface area contributed by atoms with Crippen LogP contribution in [0, 0.1) is 0 Å². The molecule has 1 aliphatic heterocycles. The number of amides is 1. The third kappa shape index (κ3) is 2.55. The van der Waals surface area contributed by atoms with Crippen molar-refractivity contribution in [1.82, 2.24) is 0 Å². The highest BCUT2D eigenvalue weighted by atomic mass is 16.5. The van der Waals surface area contributed by atoms with E-state index in [9.17, 15) is 14.7 Å². The summed E-state index contributed by atoms with van der Waals surface area (Å²) in [6.45, 7) is -0.403. The molecule has 5 heteroatoms. The number of ether oxygens (including phenoxy) is 1. The minimum absolute atomic E-state index is 0.282. The van der Waals surface area contributed by atoms with Gasteiger partial charge in [-0.2, -0.15) is 0 Å². The smallest absolute Gasteiger partial charge is 0.323 e. The predicted octanol–water partition coefficient (Wildman–Crippen LogP) is 3.46. The van der Waals surface area contributed by atoms with E-state index >= 15 is 0 Å². The van der Waals surface area contributed by atoms with Crippen LogP contribution in [-0.2, 0) is 15.0 Å². The number of hydrogen-bond acceptors (Lipinski definition) is 3. The number of hydrogen-bond donors (Lipinski definition) is 1. The van der Waals surface area contributed by atoms with Gasteiger partial charge in [0, 0.05) is 11.3 Å². The Labute approximate surface area is 162 Å². The van der Waals surface area contributed by atoms with E-state index in [1.54, 1.807) is 19.2 Å². The van der Waals surface area contributed by atoms with Crippen molar-refractivity contribution in [2.24, 2.45) is 0 Å². The van der Waals surface area contributed by atoms with Crippen LogP contribution in [0.15, 0.2) is 78.9 Å². The Hall–Kier alpha value is -3.60. The first-order valence-electron chi connectivity index (χ1n) is 8.92. The lowest BCUT2D eigenvalue weighted by molar-refractivity contribution is -0.136. The number of anilines is 1. The molecule has 28 heavy (non-hydrogen) atoms. The van der Waals surface area contributed by atoms with E-state index in [0.29, 0.717) is 11.4 Å². The minimum atomic E-state index is -1.14. The highest BCUT2D eigenvalue weighted by Gasteiger charge is 2.53. The minimum Gasteiger partial charge on any atom is -0.497 e. The second-order valence-corrected chi connectivity index (χ2v) is 6.65. The van der Waals surface area contributed by atoms with Crippen LogP contribution in [-0.4, -0.2) is 30.6 Å². The molecule has 0 spiro atoms. The maximum absolute atomic E-state index is 13.8. The number of methoxy groups -OCH3 is 1. The van der Waals surface area contributed by atoms with Crippen molar-refractivity contribution in [3.63, 3.8) is 0 Å². The molecule has 0 unspecified atom stereocenters.